The van der Waals surface area contributed by atoms with E-state index in [2.05, 4.69) is 11.8 Å². The molecule has 0 aromatic rings. The van der Waals surface area contributed by atoms with Gasteiger partial charge in [0.1, 0.15) is 0 Å². The van der Waals surface area contributed by atoms with Crippen LogP contribution < -0.4 is 0 Å². The summed E-state index contributed by atoms with van der Waals surface area (Å²) in [6.45, 7) is 6.12. The summed E-state index contributed by atoms with van der Waals surface area (Å²) in [6.07, 6.45) is 3.45. The summed E-state index contributed by atoms with van der Waals surface area (Å²) in [6, 6.07) is 0. The third kappa shape index (κ3) is 2.54. The van der Waals surface area contributed by atoms with Gasteiger partial charge < -0.3 is 0 Å². The van der Waals surface area contributed by atoms with Gasteiger partial charge in [-0.05, 0) is 27.2 Å². The van der Waals surface area contributed by atoms with Crippen LogP contribution >= 0.6 is 0 Å². The van der Waals surface area contributed by atoms with Crippen molar-refractivity contribution >= 4 is 5.78 Å². The van der Waals surface area contributed by atoms with E-state index in [1.807, 2.05) is 26.8 Å². The first-order chi connectivity index (χ1) is 5.49. The monoisotopic (exact) mass is 162 g/mol. The number of carbonyl (C=O) groups excluding carboxylic acids is 1. The number of hydrogen-bond acceptors (Lipinski definition) is 1. The van der Waals surface area contributed by atoms with E-state index >= 15 is 0 Å². The summed E-state index contributed by atoms with van der Waals surface area (Å²) in [7, 11) is 0. The van der Waals surface area contributed by atoms with Gasteiger partial charge in [0.05, 0.1) is 5.57 Å². The number of hydrogen-bond donors (Lipinski definition) is 0. The Hall–Kier alpha value is -1.03. The highest BCUT2D eigenvalue weighted by Gasteiger charge is 2.13. The van der Waals surface area contributed by atoms with E-state index in [4.69, 9.17) is 0 Å². The van der Waals surface area contributed by atoms with E-state index < -0.39 is 0 Å². The first kappa shape index (κ1) is 9.06. The van der Waals surface area contributed by atoms with E-state index in [1.165, 1.54) is 0 Å². The van der Waals surface area contributed by atoms with Crippen molar-refractivity contribution in [1.29, 1.82) is 0 Å². The molecule has 0 fully saturated rings. The second kappa shape index (κ2) is 3.15. The average molecular weight is 162 g/mol. The smallest absolute Gasteiger partial charge is 0.171 e. The summed E-state index contributed by atoms with van der Waals surface area (Å²) < 4.78 is 0. The summed E-state index contributed by atoms with van der Waals surface area (Å²) in [5, 5.41) is 0. The Kier molecular flexibility index (Phi) is 2.38. The van der Waals surface area contributed by atoms with E-state index in [1.54, 1.807) is 0 Å². The van der Waals surface area contributed by atoms with Gasteiger partial charge in [0.2, 0.25) is 0 Å². The highest BCUT2D eigenvalue weighted by Crippen LogP contribution is 2.15. The molecule has 0 unspecified atom stereocenters. The molecule has 0 spiro atoms. The van der Waals surface area contributed by atoms with Crippen LogP contribution in [0.1, 0.15) is 33.6 Å². The van der Waals surface area contributed by atoms with Crippen LogP contribution in [0.5, 0.6) is 0 Å². The standard InChI is InChI=1S/C11H14O/c1-11(2,3)8-7-9-5-4-6-10(9)12/h5H,4,6H2,1-3H3. The third-order valence-corrected chi connectivity index (χ3v) is 1.59. The van der Waals surface area contributed by atoms with Crippen LogP contribution in [0.15, 0.2) is 11.6 Å². The summed E-state index contributed by atoms with van der Waals surface area (Å²) in [5.74, 6) is 6.19. The van der Waals surface area contributed by atoms with Crippen molar-refractivity contribution in [3.8, 4) is 11.8 Å². The predicted molar refractivity (Wildman–Crippen MR) is 49.6 cm³/mol. The van der Waals surface area contributed by atoms with Crippen LogP contribution in [0.25, 0.3) is 0 Å². The molecular formula is C11H14O. The van der Waals surface area contributed by atoms with Gasteiger partial charge in [0.25, 0.3) is 0 Å². The topological polar surface area (TPSA) is 17.1 Å². The molecule has 0 bridgehead atoms. The predicted octanol–water partition coefficient (Wildman–Crippen LogP) is 2.33. The molecule has 1 heteroatoms. The highest BCUT2D eigenvalue weighted by molar-refractivity contribution is 6.01. The molecule has 64 valence electrons. The van der Waals surface area contributed by atoms with Crippen molar-refractivity contribution in [2.45, 2.75) is 33.6 Å². The minimum atomic E-state index is -0.0102. The van der Waals surface area contributed by atoms with Crippen molar-refractivity contribution in [1.82, 2.24) is 0 Å². The minimum Gasteiger partial charge on any atom is -0.293 e. The largest absolute Gasteiger partial charge is 0.293 e. The van der Waals surface area contributed by atoms with Crippen molar-refractivity contribution < 1.29 is 4.79 Å². The Morgan fingerprint density at radius 1 is 1.42 bits per heavy atom. The Morgan fingerprint density at radius 3 is 2.50 bits per heavy atom. The van der Waals surface area contributed by atoms with Gasteiger partial charge in [-0.1, -0.05) is 17.9 Å². The molecule has 0 aliphatic heterocycles. The molecule has 0 atom stereocenters. The molecule has 0 N–H and O–H groups in total. The molecule has 0 saturated heterocycles. The zero-order chi connectivity index (χ0) is 9.19. The second-order valence-electron chi connectivity index (χ2n) is 4.08. The SMILES string of the molecule is CC(C)(C)C#CC1=CCCC1=O. The molecule has 0 amide bonds. The first-order valence-corrected chi connectivity index (χ1v) is 4.25. The fourth-order valence-electron chi connectivity index (χ4n) is 0.972. The van der Waals surface area contributed by atoms with E-state index in [0.29, 0.717) is 12.0 Å². The molecule has 1 rings (SSSR count). The normalized spacial score (nSPS) is 16.9. The minimum absolute atomic E-state index is 0.0102. The van der Waals surface area contributed by atoms with Crippen LogP contribution in [0.2, 0.25) is 0 Å². The lowest BCUT2D eigenvalue weighted by atomic mass is 9.97. The Labute approximate surface area is 73.9 Å². The van der Waals surface area contributed by atoms with Crippen LogP contribution in [0.4, 0.5) is 0 Å². The fraction of sp³-hybridized carbons (Fsp3) is 0.545. The van der Waals surface area contributed by atoms with Gasteiger partial charge in [-0.2, -0.15) is 0 Å². The third-order valence-electron chi connectivity index (χ3n) is 1.59. The number of carbonyl (C=O) groups is 1. The zero-order valence-electron chi connectivity index (χ0n) is 7.90. The van der Waals surface area contributed by atoms with E-state index in [0.717, 1.165) is 6.42 Å². The summed E-state index contributed by atoms with van der Waals surface area (Å²) in [4.78, 5) is 11.1. The maximum absolute atomic E-state index is 11.1. The highest BCUT2D eigenvalue weighted by atomic mass is 16.1. The average Bonchev–Trinajstić information content (AvgIpc) is 2.29. The maximum atomic E-state index is 11.1. The van der Waals surface area contributed by atoms with Crippen molar-refractivity contribution in [3.05, 3.63) is 11.6 Å². The zero-order valence-corrected chi connectivity index (χ0v) is 7.90. The van der Waals surface area contributed by atoms with Gasteiger partial charge in [-0.3, -0.25) is 4.79 Å². The fourth-order valence-corrected chi connectivity index (χ4v) is 0.972. The molecule has 1 nitrogen and oxygen atoms in total. The molecule has 0 heterocycles. The van der Waals surface area contributed by atoms with Crippen molar-refractivity contribution in [2.75, 3.05) is 0 Å². The number of ketones is 1. The molecule has 0 radical (unpaired) electrons. The van der Waals surface area contributed by atoms with Gasteiger partial charge in [0.15, 0.2) is 5.78 Å². The maximum Gasteiger partial charge on any atom is 0.171 e. The Bertz CT molecular complexity index is 278. The van der Waals surface area contributed by atoms with Crippen LogP contribution in [-0.2, 0) is 4.79 Å². The molecule has 0 aromatic heterocycles. The molecular weight excluding hydrogens is 148 g/mol. The lowest BCUT2D eigenvalue weighted by Gasteiger charge is -2.06. The van der Waals surface area contributed by atoms with Gasteiger partial charge in [0, 0.05) is 11.8 Å². The number of Topliss-reactive ketones (excluding diaryl/α,β-unsaturated/α-hetero) is 1. The lowest BCUT2D eigenvalue weighted by Crippen LogP contribution is -2.00. The van der Waals surface area contributed by atoms with Gasteiger partial charge >= 0.3 is 0 Å². The van der Waals surface area contributed by atoms with Crippen LogP contribution in [0, 0.1) is 17.3 Å². The quantitative estimate of drug-likeness (QED) is 0.499. The van der Waals surface area contributed by atoms with Crippen LogP contribution in [0.3, 0.4) is 0 Å². The van der Waals surface area contributed by atoms with E-state index in [9.17, 15) is 4.79 Å². The molecule has 12 heavy (non-hydrogen) atoms. The number of allylic oxidation sites excluding steroid dienone is 2. The van der Waals surface area contributed by atoms with Gasteiger partial charge in [-0.25, -0.2) is 0 Å². The molecule has 0 aromatic carbocycles. The van der Waals surface area contributed by atoms with Crippen molar-refractivity contribution in [2.24, 2.45) is 5.41 Å². The lowest BCUT2D eigenvalue weighted by molar-refractivity contribution is -0.114. The van der Waals surface area contributed by atoms with Gasteiger partial charge in [-0.15, -0.1) is 0 Å². The first-order valence-electron chi connectivity index (χ1n) is 4.25. The Balaban J connectivity index is 2.72. The molecule has 0 saturated carbocycles. The van der Waals surface area contributed by atoms with Crippen LogP contribution in [-0.4, -0.2) is 5.78 Å². The van der Waals surface area contributed by atoms with E-state index in [-0.39, 0.29) is 11.2 Å². The second-order valence-corrected chi connectivity index (χ2v) is 4.08. The molecule has 1 aliphatic carbocycles. The summed E-state index contributed by atoms with van der Waals surface area (Å²) >= 11 is 0. The number of rotatable bonds is 0. The molecule has 1 aliphatic rings. The van der Waals surface area contributed by atoms with Crippen molar-refractivity contribution in [3.63, 3.8) is 0 Å². The Morgan fingerprint density at radius 2 is 2.08 bits per heavy atom. The summed E-state index contributed by atoms with van der Waals surface area (Å²) in [5.41, 5.74) is 0.703.